The van der Waals surface area contributed by atoms with Crippen LogP contribution in [0, 0.1) is 0 Å². The van der Waals surface area contributed by atoms with Gasteiger partial charge in [-0.2, -0.15) is 4.31 Å². The lowest BCUT2D eigenvalue weighted by atomic mass is 10.2. The third kappa shape index (κ3) is 3.38. The van der Waals surface area contributed by atoms with E-state index in [4.69, 9.17) is 0 Å². The number of nitrogens with zero attached hydrogens (tertiary/aromatic N) is 4. The molecular weight excluding hydrogens is 384 g/mol. The van der Waals surface area contributed by atoms with Gasteiger partial charge in [0.15, 0.2) is 0 Å². The molecule has 7 nitrogen and oxygen atoms in total. The molecule has 1 saturated heterocycles. The summed E-state index contributed by atoms with van der Waals surface area (Å²) in [4.78, 5) is 19.0. The number of aromatic nitrogens is 2. The summed E-state index contributed by atoms with van der Waals surface area (Å²) in [5, 5.41) is 3.71. The Balaban J connectivity index is 1.54. The van der Waals surface area contributed by atoms with Crippen LogP contribution in [0.4, 0.5) is 0 Å². The van der Waals surface area contributed by atoms with Gasteiger partial charge in [-0.3, -0.25) is 4.79 Å². The van der Waals surface area contributed by atoms with Gasteiger partial charge >= 0.3 is 0 Å². The summed E-state index contributed by atoms with van der Waals surface area (Å²) in [5.74, 6) is -0.149. The second-order valence-corrected chi connectivity index (χ2v) is 9.48. The standard InChI is InChI=1S/C18H20N4O3S2/c1-20-15-6-4-3-5-13(15)11-16(20)17-19-14(12-26-17)18(23)21-7-9-22(10-8-21)27(2,24)25/h3-6,11-12H,7-10H2,1-2H3. The average Bonchev–Trinajstić information content (AvgIpc) is 3.26. The zero-order chi connectivity index (χ0) is 19.2. The Morgan fingerprint density at radius 2 is 1.85 bits per heavy atom. The first kappa shape index (κ1) is 18.1. The maximum Gasteiger partial charge on any atom is 0.273 e. The van der Waals surface area contributed by atoms with Crippen LogP contribution in [0.15, 0.2) is 35.7 Å². The molecule has 4 rings (SSSR count). The van der Waals surface area contributed by atoms with E-state index < -0.39 is 10.0 Å². The molecule has 9 heteroatoms. The highest BCUT2D eigenvalue weighted by Crippen LogP contribution is 2.29. The minimum Gasteiger partial charge on any atom is -0.342 e. The molecule has 3 heterocycles. The van der Waals surface area contributed by atoms with Crippen molar-refractivity contribution in [2.45, 2.75) is 0 Å². The number of amides is 1. The fraction of sp³-hybridized carbons (Fsp3) is 0.333. The lowest BCUT2D eigenvalue weighted by Crippen LogP contribution is -2.50. The molecule has 1 amide bonds. The van der Waals surface area contributed by atoms with Gasteiger partial charge in [-0.05, 0) is 12.1 Å². The number of carbonyl (C=O) groups excluding carboxylic acids is 1. The number of hydrogen-bond donors (Lipinski definition) is 0. The van der Waals surface area contributed by atoms with E-state index in [1.807, 2.05) is 19.2 Å². The van der Waals surface area contributed by atoms with Crippen molar-refractivity contribution in [1.29, 1.82) is 0 Å². The van der Waals surface area contributed by atoms with Gasteiger partial charge in [-0.25, -0.2) is 13.4 Å². The number of thiazole rings is 1. The van der Waals surface area contributed by atoms with Gasteiger partial charge < -0.3 is 9.47 Å². The summed E-state index contributed by atoms with van der Waals surface area (Å²) in [6, 6.07) is 10.2. The Morgan fingerprint density at radius 1 is 1.15 bits per heavy atom. The van der Waals surface area contributed by atoms with E-state index in [-0.39, 0.29) is 5.91 Å². The van der Waals surface area contributed by atoms with Crippen molar-refractivity contribution >= 4 is 38.2 Å². The molecule has 0 N–H and O–H groups in total. The van der Waals surface area contributed by atoms with Crippen LogP contribution in [-0.4, -0.2) is 65.5 Å². The van der Waals surface area contributed by atoms with Crippen LogP contribution in [0.25, 0.3) is 21.6 Å². The monoisotopic (exact) mass is 404 g/mol. The highest BCUT2D eigenvalue weighted by molar-refractivity contribution is 7.88. The van der Waals surface area contributed by atoms with Crippen LogP contribution in [0.1, 0.15) is 10.5 Å². The number of benzene rings is 1. The van der Waals surface area contributed by atoms with E-state index in [0.29, 0.717) is 31.9 Å². The third-order valence-electron chi connectivity index (χ3n) is 4.89. The number of sulfonamides is 1. The summed E-state index contributed by atoms with van der Waals surface area (Å²) in [6.07, 6.45) is 1.20. The number of rotatable bonds is 3. The zero-order valence-corrected chi connectivity index (χ0v) is 16.8. The molecule has 0 atom stereocenters. The minimum atomic E-state index is -3.21. The first-order valence-corrected chi connectivity index (χ1v) is 11.3. The second-order valence-electron chi connectivity index (χ2n) is 6.64. The molecule has 2 aromatic heterocycles. The first-order chi connectivity index (χ1) is 12.8. The maximum absolute atomic E-state index is 12.8. The highest BCUT2D eigenvalue weighted by Gasteiger charge is 2.28. The van der Waals surface area contributed by atoms with E-state index in [1.165, 1.54) is 21.9 Å². The van der Waals surface area contributed by atoms with Crippen LogP contribution in [0.5, 0.6) is 0 Å². The Hall–Kier alpha value is -2.23. The van der Waals surface area contributed by atoms with Crippen LogP contribution in [0.2, 0.25) is 0 Å². The zero-order valence-electron chi connectivity index (χ0n) is 15.1. The van der Waals surface area contributed by atoms with Crippen molar-refractivity contribution < 1.29 is 13.2 Å². The molecule has 0 spiro atoms. The molecule has 1 fully saturated rings. The molecule has 0 bridgehead atoms. The van der Waals surface area contributed by atoms with Gasteiger partial charge in [0, 0.05) is 49.5 Å². The maximum atomic E-state index is 12.8. The Labute approximate surface area is 161 Å². The van der Waals surface area contributed by atoms with Crippen LogP contribution < -0.4 is 0 Å². The Morgan fingerprint density at radius 3 is 2.52 bits per heavy atom. The molecule has 3 aromatic rings. The number of aryl methyl sites for hydroxylation is 1. The molecule has 0 radical (unpaired) electrons. The molecule has 0 saturated carbocycles. The van der Waals surface area contributed by atoms with Gasteiger partial charge in [0.1, 0.15) is 10.7 Å². The van der Waals surface area contributed by atoms with Gasteiger partial charge in [0.2, 0.25) is 10.0 Å². The third-order valence-corrected chi connectivity index (χ3v) is 7.06. The van der Waals surface area contributed by atoms with E-state index in [9.17, 15) is 13.2 Å². The number of para-hydroxylation sites is 1. The quantitative estimate of drug-likeness (QED) is 0.669. The van der Waals surface area contributed by atoms with Crippen molar-refractivity contribution in [1.82, 2.24) is 18.8 Å². The average molecular weight is 405 g/mol. The summed E-state index contributed by atoms with van der Waals surface area (Å²) >= 11 is 1.44. The first-order valence-electron chi connectivity index (χ1n) is 8.59. The molecule has 0 unspecified atom stereocenters. The number of piperazine rings is 1. The fourth-order valence-corrected chi connectivity index (χ4v) is 5.04. The van der Waals surface area contributed by atoms with Gasteiger partial charge in [-0.1, -0.05) is 18.2 Å². The van der Waals surface area contributed by atoms with Crippen molar-refractivity contribution in [2.75, 3.05) is 32.4 Å². The molecule has 0 aliphatic carbocycles. The SMILES string of the molecule is Cn1c(-c2nc(C(=O)N3CCN(S(C)(=O)=O)CC3)cs2)cc2ccccc21. The topological polar surface area (TPSA) is 75.5 Å². The van der Waals surface area contributed by atoms with Gasteiger partial charge in [-0.15, -0.1) is 11.3 Å². The minimum absolute atomic E-state index is 0.149. The lowest BCUT2D eigenvalue weighted by molar-refractivity contribution is 0.0693. The summed E-state index contributed by atoms with van der Waals surface area (Å²) < 4.78 is 26.7. The van der Waals surface area contributed by atoms with Gasteiger partial charge in [0.05, 0.1) is 11.9 Å². The molecular formula is C18H20N4O3S2. The smallest absolute Gasteiger partial charge is 0.273 e. The van der Waals surface area contributed by atoms with Crippen molar-refractivity contribution in [2.24, 2.45) is 7.05 Å². The number of fused-ring (bicyclic) bond motifs is 1. The number of hydrogen-bond acceptors (Lipinski definition) is 5. The predicted octanol–water partition coefficient (Wildman–Crippen LogP) is 2.02. The second kappa shape index (κ2) is 6.74. The number of carbonyl (C=O) groups is 1. The predicted molar refractivity (Wildman–Crippen MR) is 106 cm³/mol. The Kier molecular flexibility index (Phi) is 4.53. The van der Waals surface area contributed by atoms with Crippen molar-refractivity contribution in [3.63, 3.8) is 0 Å². The highest BCUT2D eigenvalue weighted by atomic mass is 32.2. The van der Waals surface area contributed by atoms with E-state index in [0.717, 1.165) is 21.6 Å². The Bertz CT molecular complexity index is 1110. The van der Waals surface area contributed by atoms with E-state index in [2.05, 4.69) is 27.8 Å². The van der Waals surface area contributed by atoms with E-state index in [1.54, 1.807) is 10.3 Å². The summed E-state index contributed by atoms with van der Waals surface area (Å²) in [7, 11) is -1.22. The molecule has 27 heavy (non-hydrogen) atoms. The van der Waals surface area contributed by atoms with Crippen molar-refractivity contribution in [3.8, 4) is 10.7 Å². The van der Waals surface area contributed by atoms with Crippen LogP contribution in [0.3, 0.4) is 0 Å². The van der Waals surface area contributed by atoms with Crippen molar-refractivity contribution in [3.05, 3.63) is 41.4 Å². The van der Waals surface area contributed by atoms with Gasteiger partial charge in [0.25, 0.3) is 5.91 Å². The fourth-order valence-electron chi connectivity index (χ4n) is 3.37. The normalized spacial score (nSPS) is 16.1. The summed E-state index contributed by atoms with van der Waals surface area (Å²) in [5.41, 5.74) is 2.50. The molecule has 1 aliphatic rings. The summed E-state index contributed by atoms with van der Waals surface area (Å²) in [6.45, 7) is 1.41. The lowest BCUT2D eigenvalue weighted by Gasteiger charge is -2.32. The van der Waals surface area contributed by atoms with Crippen LogP contribution in [-0.2, 0) is 17.1 Å². The molecule has 142 valence electrons. The molecule has 1 aliphatic heterocycles. The van der Waals surface area contributed by atoms with E-state index >= 15 is 0 Å². The van der Waals surface area contributed by atoms with Crippen LogP contribution >= 0.6 is 11.3 Å². The molecule has 1 aromatic carbocycles. The largest absolute Gasteiger partial charge is 0.342 e.